The molecule has 0 saturated carbocycles. The van der Waals surface area contributed by atoms with Crippen molar-refractivity contribution >= 4 is 27.9 Å². The van der Waals surface area contributed by atoms with Gasteiger partial charge in [-0.15, -0.1) is 0 Å². The summed E-state index contributed by atoms with van der Waals surface area (Å²) in [6.07, 6.45) is 1.56. The number of benzene rings is 2. The van der Waals surface area contributed by atoms with E-state index in [9.17, 15) is 0 Å². The van der Waals surface area contributed by atoms with Gasteiger partial charge in [-0.2, -0.15) is 10.2 Å². The number of rotatable bonds is 3. The SMILES string of the molecule is CC(c1nc(N)c2[nH]cnc2n1)c1nnc2ccccc2c1-c1ccccc1. The first-order chi connectivity index (χ1) is 13.7. The number of nitrogen functional groups attached to an aromatic ring is 1. The standard InChI is InChI=1S/C21H17N7/c1-12(20-25-19(22)18-21(26-20)24-11-23-18)17-16(13-7-3-2-4-8-13)14-9-5-6-10-15(14)27-28-17/h2-12H,1H3,(H3,22,23,24,25,26). The summed E-state index contributed by atoms with van der Waals surface area (Å²) < 4.78 is 0. The zero-order valence-electron chi connectivity index (χ0n) is 15.2. The minimum absolute atomic E-state index is 0.212. The Hall–Kier alpha value is -3.87. The molecule has 3 heterocycles. The molecule has 3 N–H and O–H groups in total. The molecule has 3 aromatic heterocycles. The molecule has 1 unspecified atom stereocenters. The van der Waals surface area contributed by atoms with Crippen LogP contribution in [0.5, 0.6) is 0 Å². The quantitative estimate of drug-likeness (QED) is 0.504. The van der Waals surface area contributed by atoms with E-state index in [1.165, 1.54) is 0 Å². The molecule has 0 bridgehead atoms. The molecule has 0 saturated heterocycles. The number of imidazole rings is 1. The second kappa shape index (κ2) is 6.38. The molecule has 0 aliphatic heterocycles. The first-order valence-electron chi connectivity index (χ1n) is 8.99. The lowest BCUT2D eigenvalue weighted by Gasteiger charge is -2.16. The third-order valence-corrected chi connectivity index (χ3v) is 4.89. The highest BCUT2D eigenvalue weighted by molar-refractivity contribution is 5.95. The van der Waals surface area contributed by atoms with Gasteiger partial charge in [0, 0.05) is 10.9 Å². The number of anilines is 1. The average molecular weight is 367 g/mol. The smallest absolute Gasteiger partial charge is 0.183 e. The number of nitrogens with two attached hydrogens (primary N) is 1. The van der Waals surface area contributed by atoms with Crippen LogP contribution in [0.1, 0.15) is 24.4 Å². The molecule has 7 nitrogen and oxygen atoms in total. The maximum atomic E-state index is 6.10. The van der Waals surface area contributed by atoms with Gasteiger partial charge in [-0.05, 0) is 18.6 Å². The Balaban J connectivity index is 1.75. The molecule has 5 aromatic rings. The lowest BCUT2D eigenvalue weighted by molar-refractivity contribution is 0.777. The molecule has 7 heteroatoms. The first kappa shape index (κ1) is 16.3. The van der Waals surface area contributed by atoms with Crippen LogP contribution in [-0.2, 0) is 0 Å². The van der Waals surface area contributed by atoms with Crippen LogP contribution in [0.25, 0.3) is 33.2 Å². The maximum Gasteiger partial charge on any atom is 0.183 e. The number of hydrogen-bond acceptors (Lipinski definition) is 6. The van der Waals surface area contributed by atoms with Gasteiger partial charge in [-0.1, -0.05) is 48.5 Å². The van der Waals surface area contributed by atoms with Gasteiger partial charge < -0.3 is 10.7 Å². The predicted molar refractivity (Wildman–Crippen MR) is 109 cm³/mol. The van der Waals surface area contributed by atoms with E-state index >= 15 is 0 Å². The zero-order chi connectivity index (χ0) is 19.1. The molecule has 136 valence electrons. The highest BCUT2D eigenvalue weighted by atomic mass is 15.1. The lowest BCUT2D eigenvalue weighted by atomic mass is 9.93. The second-order valence-corrected chi connectivity index (χ2v) is 6.63. The van der Waals surface area contributed by atoms with Gasteiger partial charge in [0.15, 0.2) is 11.5 Å². The van der Waals surface area contributed by atoms with E-state index in [2.05, 4.69) is 48.3 Å². The van der Waals surface area contributed by atoms with Crippen LogP contribution >= 0.6 is 0 Å². The lowest BCUT2D eigenvalue weighted by Crippen LogP contribution is -2.10. The topological polar surface area (TPSA) is 106 Å². The van der Waals surface area contributed by atoms with Gasteiger partial charge >= 0.3 is 0 Å². The van der Waals surface area contributed by atoms with Crippen LogP contribution in [0, 0.1) is 0 Å². The third-order valence-electron chi connectivity index (χ3n) is 4.89. The van der Waals surface area contributed by atoms with E-state index in [1.54, 1.807) is 6.33 Å². The van der Waals surface area contributed by atoms with Gasteiger partial charge in [0.05, 0.1) is 23.5 Å². The van der Waals surface area contributed by atoms with Gasteiger partial charge in [-0.25, -0.2) is 15.0 Å². The van der Waals surface area contributed by atoms with E-state index in [0.29, 0.717) is 22.8 Å². The number of H-pyrrole nitrogens is 1. The summed E-state index contributed by atoms with van der Waals surface area (Å²) in [4.78, 5) is 16.3. The molecule has 0 aliphatic rings. The predicted octanol–water partition coefficient (Wildman–Crippen LogP) is 3.70. The molecule has 0 spiro atoms. The van der Waals surface area contributed by atoms with Crippen molar-refractivity contribution in [2.45, 2.75) is 12.8 Å². The summed E-state index contributed by atoms with van der Waals surface area (Å²) in [5.74, 6) is 0.730. The summed E-state index contributed by atoms with van der Waals surface area (Å²) in [5, 5.41) is 10.0. The number of aromatic nitrogens is 6. The molecule has 2 aromatic carbocycles. The normalized spacial score (nSPS) is 12.5. The molecule has 0 fully saturated rings. The van der Waals surface area contributed by atoms with E-state index < -0.39 is 0 Å². The second-order valence-electron chi connectivity index (χ2n) is 6.63. The van der Waals surface area contributed by atoms with E-state index in [-0.39, 0.29) is 5.92 Å². The molecular weight excluding hydrogens is 350 g/mol. The molecule has 1 atom stereocenters. The first-order valence-corrected chi connectivity index (χ1v) is 8.99. The fourth-order valence-corrected chi connectivity index (χ4v) is 3.47. The van der Waals surface area contributed by atoms with Gasteiger partial charge in [0.2, 0.25) is 0 Å². The van der Waals surface area contributed by atoms with E-state index in [4.69, 9.17) is 5.73 Å². The zero-order valence-corrected chi connectivity index (χ0v) is 15.2. The van der Waals surface area contributed by atoms with Crippen LogP contribution in [0.3, 0.4) is 0 Å². The summed E-state index contributed by atoms with van der Waals surface area (Å²) in [6, 6.07) is 18.2. The highest BCUT2D eigenvalue weighted by Crippen LogP contribution is 2.35. The number of hydrogen-bond donors (Lipinski definition) is 2. The van der Waals surface area contributed by atoms with Crippen molar-refractivity contribution in [2.75, 3.05) is 5.73 Å². The Morgan fingerprint density at radius 1 is 0.929 bits per heavy atom. The minimum atomic E-state index is -0.212. The Labute approximate surface area is 160 Å². The monoisotopic (exact) mass is 367 g/mol. The summed E-state index contributed by atoms with van der Waals surface area (Å²) in [5.41, 5.74) is 11.0. The van der Waals surface area contributed by atoms with Gasteiger partial charge in [-0.3, -0.25) is 0 Å². The molecule has 0 aliphatic carbocycles. The number of aromatic amines is 1. The molecule has 0 amide bonds. The van der Waals surface area contributed by atoms with Crippen LogP contribution in [-0.4, -0.2) is 30.1 Å². The molecule has 5 rings (SSSR count). The van der Waals surface area contributed by atoms with Crippen LogP contribution in [0.2, 0.25) is 0 Å². The molecule has 0 radical (unpaired) electrons. The summed E-state index contributed by atoms with van der Waals surface area (Å²) >= 11 is 0. The molecule has 28 heavy (non-hydrogen) atoms. The Bertz CT molecular complexity index is 1290. The Morgan fingerprint density at radius 3 is 2.57 bits per heavy atom. The van der Waals surface area contributed by atoms with Crippen molar-refractivity contribution in [2.24, 2.45) is 0 Å². The van der Waals surface area contributed by atoms with Crippen molar-refractivity contribution in [3.8, 4) is 11.1 Å². The van der Waals surface area contributed by atoms with Crippen molar-refractivity contribution in [3.05, 3.63) is 72.4 Å². The fraction of sp³-hybridized carbons (Fsp3) is 0.0952. The van der Waals surface area contributed by atoms with E-state index in [1.807, 2.05) is 43.3 Å². The minimum Gasteiger partial charge on any atom is -0.382 e. The number of nitrogens with zero attached hydrogens (tertiary/aromatic N) is 5. The summed E-state index contributed by atoms with van der Waals surface area (Å²) in [7, 11) is 0. The van der Waals surface area contributed by atoms with Crippen molar-refractivity contribution in [3.63, 3.8) is 0 Å². The summed E-state index contributed by atoms with van der Waals surface area (Å²) in [6.45, 7) is 2.01. The van der Waals surface area contributed by atoms with Crippen LogP contribution < -0.4 is 5.73 Å². The van der Waals surface area contributed by atoms with Gasteiger partial charge in [0.25, 0.3) is 0 Å². The van der Waals surface area contributed by atoms with Crippen molar-refractivity contribution in [1.82, 2.24) is 30.1 Å². The fourth-order valence-electron chi connectivity index (χ4n) is 3.47. The van der Waals surface area contributed by atoms with Gasteiger partial charge in [0.1, 0.15) is 11.3 Å². The van der Waals surface area contributed by atoms with E-state index in [0.717, 1.165) is 27.7 Å². The Morgan fingerprint density at radius 2 is 1.71 bits per heavy atom. The van der Waals surface area contributed by atoms with Crippen LogP contribution in [0.15, 0.2) is 60.9 Å². The third kappa shape index (κ3) is 2.56. The highest BCUT2D eigenvalue weighted by Gasteiger charge is 2.22. The maximum absolute atomic E-state index is 6.10. The van der Waals surface area contributed by atoms with Crippen molar-refractivity contribution in [1.29, 1.82) is 0 Å². The Kier molecular flexibility index (Phi) is 3.72. The number of fused-ring (bicyclic) bond motifs is 2. The van der Waals surface area contributed by atoms with Crippen LogP contribution in [0.4, 0.5) is 5.82 Å². The number of nitrogens with one attached hydrogen (secondary N) is 1. The molecular formula is C21H17N7. The largest absolute Gasteiger partial charge is 0.382 e. The van der Waals surface area contributed by atoms with Crippen molar-refractivity contribution < 1.29 is 0 Å². The average Bonchev–Trinajstić information content (AvgIpc) is 3.22.